The quantitative estimate of drug-likeness (QED) is 0.714. The molecule has 3 nitrogen and oxygen atoms in total. The lowest BCUT2D eigenvalue weighted by molar-refractivity contribution is -0.203. The van der Waals surface area contributed by atoms with Crippen LogP contribution in [0.5, 0.6) is 0 Å². The third-order valence-electron chi connectivity index (χ3n) is 2.03. The van der Waals surface area contributed by atoms with Gasteiger partial charge in [-0.15, -0.1) is 0 Å². The molecule has 0 aliphatic carbocycles. The Kier molecular flexibility index (Phi) is 4.51. The number of hydrogen-bond donors (Lipinski definition) is 1. The Balaban J connectivity index is 4.42. The maximum Gasteiger partial charge on any atom is 0.335 e. The number of halogens is 4. The van der Waals surface area contributed by atoms with E-state index in [2.05, 4.69) is 4.74 Å². The number of carboxylic acids is 1. The third kappa shape index (κ3) is 3.65. The van der Waals surface area contributed by atoms with Crippen molar-refractivity contribution in [3.63, 3.8) is 0 Å². The van der Waals surface area contributed by atoms with Crippen LogP contribution in [0, 0.1) is 0 Å². The first kappa shape index (κ1) is 14.2. The Morgan fingerprint density at radius 1 is 1.47 bits per heavy atom. The Labute approximate surface area is 84.0 Å². The fraction of sp³-hybridized carbons (Fsp3) is 0.875. The summed E-state index contributed by atoms with van der Waals surface area (Å²) in [6.45, 7) is 0.840. The van der Waals surface area contributed by atoms with E-state index in [0.717, 1.165) is 6.92 Å². The molecule has 1 atom stereocenters. The number of aliphatic carboxylic acids is 1. The standard InChI is InChI=1S/C8H12F4O3/c1-3-7(2,6(13)14)15-4-8(11,12)5(9)10/h5H,3-4H2,1-2H3,(H,13,14). The molecule has 0 aliphatic heterocycles. The average molecular weight is 232 g/mol. The summed E-state index contributed by atoms with van der Waals surface area (Å²) in [7, 11) is 0. The van der Waals surface area contributed by atoms with Crippen LogP contribution in [0.4, 0.5) is 17.6 Å². The van der Waals surface area contributed by atoms with Crippen LogP contribution in [0.3, 0.4) is 0 Å². The van der Waals surface area contributed by atoms with Crippen molar-refractivity contribution in [2.45, 2.75) is 38.2 Å². The Bertz CT molecular complexity index is 232. The summed E-state index contributed by atoms with van der Waals surface area (Å²) in [5.74, 6) is -5.79. The van der Waals surface area contributed by atoms with Gasteiger partial charge in [-0.05, 0) is 13.3 Å². The molecular formula is C8H12F4O3. The monoisotopic (exact) mass is 232 g/mol. The highest BCUT2D eigenvalue weighted by Crippen LogP contribution is 2.26. The highest BCUT2D eigenvalue weighted by atomic mass is 19.3. The summed E-state index contributed by atoms with van der Waals surface area (Å²) in [6.07, 6.45) is -3.96. The Morgan fingerprint density at radius 2 is 1.93 bits per heavy atom. The number of carboxylic acid groups (broad SMARTS) is 1. The lowest BCUT2D eigenvalue weighted by Gasteiger charge is -2.26. The van der Waals surface area contributed by atoms with Gasteiger partial charge in [-0.1, -0.05) is 6.92 Å². The number of ether oxygens (including phenoxy) is 1. The molecule has 0 bridgehead atoms. The predicted molar refractivity (Wildman–Crippen MR) is 43.2 cm³/mol. The molecule has 0 aromatic carbocycles. The molecule has 90 valence electrons. The van der Waals surface area contributed by atoms with Crippen LogP contribution >= 0.6 is 0 Å². The van der Waals surface area contributed by atoms with Crippen molar-refractivity contribution >= 4 is 5.97 Å². The maximum atomic E-state index is 12.4. The van der Waals surface area contributed by atoms with E-state index in [9.17, 15) is 22.4 Å². The summed E-state index contributed by atoms with van der Waals surface area (Å²) in [6, 6.07) is 0. The van der Waals surface area contributed by atoms with Gasteiger partial charge in [0.1, 0.15) is 6.61 Å². The number of alkyl halides is 4. The second-order valence-electron chi connectivity index (χ2n) is 3.24. The first-order chi connectivity index (χ1) is 6.65. The molecule has 0 fully saturated rings. The molecular weight excluding hydrogens is 220 g/mol. The van der Waals surface area contributed by atoms with Crippen LogP contribution in [0.1, 0.15) is 20.3 Å². The van der Waals surface area contributed by atoms with Crippen LogP contribution in [0.15, 0.2) is 0 Å². The molecule has 0 saturated carbocycles. The summed E-state index contributed by atoms with van der Waals surface area (Å²) in [4.78, 5) is 10.6. The zero-order valence-corrected chi connectivity index (χ0v) is 8.27. The second kappa shape index (κ2) is 4.78. The average Bonchev–Trinajstić information content (AvgIpc) is 2.13. The molecule has 0 heterocycles. The minimum absolute atomic E-state index is 0.0956. The van der Waals surface area contributed by atoms with Gasteiger partial charge in [0, 0.05) is 0 Å². The molecule has 1 unspecified atom stereocenters. The summed E-state index contributed by atoms with van der Waals surface area (Å²) >= 11 is 0. The second-order valence-corrected chi connectivity index (χ2v) is 3.24. The van der Waals surface area contributed by atoms with Gasteiger partial charge in [-0.3, -0.25) is 0 Å². The zero-order chi connectivity index (χ0) is 12.3. The SMILES string of the molecule is CCC(C)(OCC(F)(F)C(F)F)C(=O)O. The lowest BCUT2D eigenvalue weighted by Crippen LogP contribution is -2.43. The van der Waals surface area contributed by atoms with Crippen molar-refractivity contribution in [1.29, 1.82) is 0 Å². The van der Waals surface area contributed by atoms with Gasteiger partial charge in [0.15, 0.2) is 5.60 Å². The molecule has 15 heavy (non-hydrogen) atoms. The first-order valence-corrected chi connectivity index (χ1v) is 4.19. The van der Waals surface area contributed by atoms with Crippen molar-refractivity contribution in [1.82, 2.24) is 0 Å². The minimum Gasteiger partial charge on any atom is -0.479 e. The Hall–Kier alpha value is -0.850. The van der Waals surface area contributed by atoms with Crippen LogP contribution in [-0.2, 0) is 9.53 Å². The van der Waals surface area contributed by atoms with E-state index < -0.39 is 30.5 Å². The summed E-state index contributed by atoms with van der Waals surface area (Å²) < 4.78 is 52.6. The molecule has 0 saturated heterocycles. The molecule has 0 amide bonds. The fourth-order valence-electron chi connectivity index (χ4n) is 0.634. The van der Waals surface area contributed by atoms with Crippen LogP contribution < -0.4 is 0 Å². The van der Waals surface area contributed by atoms with Crippen LogP contribution in [0.2, 0.25) is 0 Å². The van der Waals surface area contributed by atoms with Gasteiger partial charge < -0.3 is 9.84 Å². The third-order valence-corrected chi connectivity index (χ3v) is 2.03. The van der Waals surface area contributed by atoms with Crippen molar-refractivity contribution in [3.05, 3.63) is 0 Å². The maximum absolute atomic E-state index is 12.4. The largest absolute Gasteiger partial charge is 0.479 e. The van der Waals surface area contributed by atoms with Gasteiger partial charge in [-0.2, -0.15) is 8.78 Å². The first-order valence-electron chi connectivity index (χ1n) is 4.19. The fourth-order valence-corrected chi connectivity index (χ4v) is 0.634. The lowest BCUT2D eigenvalue weighted by atomic mass is 10.0. The van der Waals surface area contributed by atoms with Gasteiger partial charge in [0.25, 0.3) is 0 Å². The van der Waals surface area contributed by atoms with Gasteiger partial charge in [-0.25, -0.2) is 13.6 Å². The van der Waals surface area contributed by atoms with Crippen molar-refractivity contribution in [2.75, 3.05) is 6.61 Å². The number of hydrogen-bond acceptors (Lipinski definition) is 2. The molecule has 0 aromatic rings. The topological polar surface area (TPSA) is 46.5 Å². The predicted octanol–water partition coefficient (Wildman–Crippen LogP) is 2.16. The van der Waals surface area contributed by atoms with Crippen LogP contribution in [0.25, 0.3) is 0 Å². The molecule has 0 aliphatic rings. The van der Waals surface area contributed by atoms with Crippen LogP contribution in [-0.4, -0.2) is 35.6 Å². The van der Waals surface area contributed by atoms with E-state index in [1.165, 1.54) is 6.92 Å². The van der Waals surface area contributed by atoms with Crippen molar-refractivity contribution in [2.24, 2.45) is 0 Å². The van der Waals surface area contributed by atoms with E-state index >= 15 is 0 Å². The Morgan fingerprint density at radius 3 is 2.20 bits per heavy atom. The smallest absolute Gasteiger partial charge is 0.335 e. The number of rotatable bonds is 6. The highest BCUT2D eigenvalue weighted by molar-refractivity contribution is 5.76. The summed E-state index contributed by atoms with van der Waals surface area (Å²) in [5, 5.41) is 8.61. The van der Waals surface area contributed by atoms with E-state index in [0.29, 0.717) is 0 Å². The van der Waals surface area contributed by atoms with E-state index in [4.69, 9.17) is 5.11 Å². The van der Waals surface area contributed by atoms with Gasteiger partial charge in [0.05, 0.1) is 0 Å². The molecule has 0 aromatic heterocycles. The normalized spacial score (nSPS) is 16.5. The molecule has 1 N–H and O–H groups in total. The number of carbonyl (C=O) groups is 1. The zero-order valence-electron chi connectivity index (χ0n) is 8.27. The summed E-state index contributed by atoms with van der Waals surface area (Å²) in [5.41, 5.74) is -1.86. The van der Waals surface area contributed by atoms with E-state index in [1.54, 1.807) is 0 Å². The molecule has 7 heteroatoms. The molecule has 0 radical (unpaired) electrons. The highest BCUT2D eigenvalue weighted by Gasteiger charge is 2.44. The van der Waals surface area contributed by atoms with E-state index in [-0.39, 0.29) is 6.42 Å². The van der Waals surface area contributed by atoms with Gasteiger partial charge in [0.2, 0.25) is 0 Å². The molecule has 0 rings (SSSR count). The van der Waals surface area contributed by atoms with Gasteiger partial charge >= 0.3 is 18.3 Å². The molecule has 0 spiro atoms. The van der Waals surface area contributed by atoms with E-state index in [1.807, 2.05) is 0 Å². The van der Waals surface area contributed by atoms with Crippen molar-refractivity contribution in [3.8, 4) is 0 Å². The van der Waals surface area contributed by atoms with Crippen molar-refractivity contribution < 1.29 is 32.2 Å². The minimum atomic E-state index is -4.33.